The third-order valence-electron chi connectivity index (χ3n) is 3.17. The fourth-order valence-electron chi connectivity index (χ4n) is 2.03. The lowest BCUT2D eigenvalue weighted by Crippen LogP contribution is -2.24. The Labute approximate surface area is 107 Å². The third kappa shape index (κ3) is 2.77. The van der Waals surface area contributed by atoms with E-state index in [-0.39, 0.29) is 12.2 Å². The fourth-order valence-corrected chi connectivity index (χ4v) is 2.03. The van der Waals surface area contributed by atoms with Crippen molar-refractivity contribution in [2.45, 2.75) is 25.9 Å². The van der Waals surface area contributed by atoms with Crippen LogP contribution in [0.25, 0.3) is 0 Å². The van der Waals surface area contributed by atoms with Crippen molar-refractivity contribution >= 4 is 0 Å². The summed E-state index contributed by atoms with van der Waals surface area (Å²) in [5.74, 6) is -0.273. The zero-order chi connectivity index (χ0) is 13.2. The average molecular weight is 244 g/mol. The number of halogens is 1. The van der Waals surface area contributed by atoms with Gasteiger partial charge >= 0.3 is 0 Å². The molecule has 0 saturated carbocycles. The molecule has 0 heterocycles. The van der Waals surface area contributed by atoms with Crippen LogP contribution in [0.4, 0.5) is 4.39 Å². The molecule has 0 aliphatic rings. The number of hydrogen-bond acceptors (Lipinski definition) is 1. The van der Waals surface area contributed by atoms with Crippen molar-refractivity contribution in [2.24, 2.45) is 0 Å². The molecule has 2 heteroatoms. The molecule has 2 rings (SSSR count). The standard InChI is InChI=1S/C16H17FO/c1-12-7-9-14(10-8-12)16(2,18)11-13-5-3-4-6-15(13)17/h3-10,18H,11H2,1-2H3. The van der Waals surface area contributed by atoms with Gasteiger partial charge in [-0.3, -0.25) is 0 Å². The van der Waals surface area contributed by atoms with Crippen molar-refractivity contribution < 1.29 is 9.50 Å². The highest BCUT2D eigenvalue weighted by Crippen LogP contribution is 2.26. The van der Waals surface area contributed by atoms with Gasteiger partial charge in [0.15, 0.2) is 0 Å². The highest BCUT2D eigenvalue weighted by Gasteiger charge is 2.24. The molecular formula is C16H17FO. The molecule has 0 spiro atoms. The maximum absolute atomic E-state index is 13.6. The van der Waals surface area contributed by atoms with E-state index in [1.165, 1.54) is 6.07 Å². The minimum atomic E-state index is -1.06. The van der Waals surface area contributed by atoms with E-state index in [0.29, 0.717) is 5.56 Å². The van der Waals surface area contributed by atoms with Crippen LogP contribution in [0.2, 0.25) is 0 Å². The highest BCUT2D eigenvalue weighted by molar-refractivity contribution is 5.29. The van der Waals surface area contributed by atoms with Gasteiger partial charge in [0.05, 0.1) is 5.60 Å². The average Bonchev–Trinajstić information content (AvgIpc) is 2.32. The monoisotopic (exact) mass is 244 g/mol. The lowest BCUT2D eigenvalue weighted by atomic mass is 9.88. The molecule has 2 aromatic carbocycles. The highest BCUT2D eigenvalue weighted by atomic mass is 19.1. The third-order valence-corrected chi connectivity index (χ3v) is 3.17. The molecule has 0 saturated heterocycles. The Morgan fingerprint density at radius 1 is 1.06 bits per heavy atom. The SMILES string of the molecule is Cc1ccc(C(C)(O)Cc2ccccc2F)cc1. The van der Waals surface area contributed by atoms with Crippen LogP contribution in [0, 0.1) is 12.7 Å². The molecule has 18 heavy (non-hydrogen) atoms. The number of aryl methyl sites for hydroxylation is 1. The van der Waals surface area contributed by atoms with E-state index in [0.717, 1.165) is 11.1 Å². The molecule has 0 radical (unpaired) electrons. The molecule has 1 atom stereocenters. The molecule has 0 aliphatic carbocycles. The maximum atomic E-state index is 13.6. The Morgan fingerprint density at radius 2 is 1.67 bits per heavy atom. The number of hydrogen-bond donors (Lipinski definition) is 1. The second kappa shape index (κ2) is 4.91. The first kappa shape index (κ1) is 12.8. The van der Waals surface area contributed by atoms with Crippen molar-refractivity contribution in [3.63, 3.8) is 0 Å². The van der Waals surface area contributed by atoms with Gasteiger partial charge in [-0.15, -0.1) is 0 Å². The Bertz CT molecular complexity index is 529. The summed E-state index contributed by atoms with van der Waals surface area (Å²) in [6.07, 6.45) is 0.267. The van der Waals surface area contributed by atoms with E-state index in [1.807, 2.05) is 31.2 Å². The van der Waals surface area contributed by atoms with Gasteiger partial charge in [0.1, 0.15) is 5.82 Å². The molecule has 0 aliphatic heterocycles. The number of aliphatic hydroxyl groups is 1. The molecule has 1 N–H and O–H groups in total. The van der Waals surface area contributed by atoms with Gasteiger partial charge in [0.2, 0.25) is 0 Å². The van der Waals surface area contributed by atoms with E-state index >= 15 is 0 Å². The first-order chi connectivity index (χ1) is 8.49. The van der Waals surface area contributed by atoms with E-state index in [2.05, 4.69) is 0 Å². The van der Waals surface area contributed by atoms with Crippen LogP contribution in [-0.4, -0.2) is 5.11 Å². The van der Waals surface area contributed by atoms with Crippen molar-refractivity contribution in [1.29, 1.82) is 0 Å². The van der Waals surface area contributed by atoms with Crippen molar-refractivity contribution in [2.75, 3.05) is 0 Å². The summed E-state index contributed by atoms with van der Waals surface area (Å²) in [4.78, 5) is 0. The minimum absolute atomic E-state index is 0.267. The fraction of sp³-hybridized carbons (Fsp3) is 0.250. The summed E-state index contributed by atoms with van der Waals surface area (Å²) in [7, 11) is 0. The molecule has 0 amide bonds. The van der Waals surface area contributed by atoms with Gasteiger partial charge in [-0.25, -0.2) is 4.39 Å². The summed E-state index contributed by atoms with van der Waals surface area (Å²) in [5.41, 5.74) is 1.41. The Balaban J connectivity index is 2.27. The smallest absolute Gasteiger partial charge is 0.126 e. The number of rotatable bonds is 3. The van der Waals surface area contributed by atoms with Gasteiger partial charge < -0.3 is 5.11 Å². The molecule has 1 unspecified atom stereocenters. The van der Waals surface area contributed by atoms with Crippen LogP contribution < -0.4 is 0 Å². The topological polar surface area (TPSA) is 20.2 Å². The van der Waals surface area contributed by atoms with Gasteiger partial charge in [0, 0.05) is 6.42 Å². The summed E-state index contributed by atoms with van der Waals surface area (Å²) in [6.45, 7) is 3.71. The van der Waals surface area contributed by atoms with E-state index in [4.69, 9.17) is 0 Å². The first-order valence-electron chi connectivity index (χ1n) is 6.02. The lowest BCUT2D eigenvalue weighted by molar-refractivity contribution is 0.0567. The summed E-state index contributed by atoms with van der Waals surface area (Å²) in [5, 5.41) is 10.5. The van der Waals surface area contributed by atoms with Crippen molar-refractivity contribution in [3.8, 4) is 0 Å². The second-order valence-corrected chi connectivity index (χ2v) is 4.91. The van der Waals surface area contributed by atoms with Crippen LogP contribution in [0.1, 0.15) is 23.6 Å². The number of benzene rings is 2. The van der Waals surface area contributed by atoms with Crippen LogP contribution >= 0.6 is 0 Å². The van der Waals surface area contributed by atoms with Gasteiger partial charge in [-0.2, -0.15) is 0 Å². The van der Waals surface area contributed by atoms with E-state index in [1.54, 1.807) is 25.1 Å². The zero-order valence-electron chi connectivity index (χ0n) is 10.7. The normalized spacial score (nSPS) is 14.2. The summed E-state index contributed by atoms with van der Waals surface area (Å²) < 4.78 is 13.6. The van der Waals surface area contributed by atoms with Gasteiger partial charge in [-0.05, 0) is 31.0 Å². The van der Waals surface area contributed by atoms with Crippen LogP contribution in [0.15, 0.2) is 48.5 Å². The van der Waals surface area contributed by atoms with Crippen molar-refractivity contribution in [1.82, 2.24) is 0 Å². The predicted octanol–water partition coefficient (Wildman–Crippen LogP) is 3.58. The summed E-state index contributed by atoms with van der Waals surface area (Å²) >= 11 is 0. The molecule has 0 aromatic heterocycles. The molecule has 0 fully saturated rings. The molecule has 1 nitrogen and oxygen atoms in total. The Kier molecular flexibility index (Phi) is 3.48. The minimum Gasteiger partial charge on any atom is -0.385 e. The Hall–Kier alpha value is -1.67. The van der Waals surface area contributed by atoms with Crippen molar-refractivity contribution in [3.05, 3.63) is 71.0 Å². The van der Waals surface area contributed by atoms with Crippen LogP contribution in [0.5, 0.6) is 0 Å². The lowest BCUT2D eigenvalue weighted by Gasteiger charge is -2.24. The van der Waals surface area contributed by atoms with E-state index < -0.39 is 5.60 Å². The van der Waals surface area contributed by atoms with Crippen LogP contribution in [-0.2, 0) is 12.0 Å². The molecule has 94 valence electrons. The maximum Gasteiger partial charge on any atom is 0.126 e. The zero-order valence-corrected chi connectivity index (χ0v) is 10.7. The van der Waals surface area contributed by atoms with E-state index in [9.17, 15) is 9.50 Å². The molecular weight excluding hydrogens is 227 g/mol. The first-order valence-corrected chi connectivity index (χ1v) is 6.02. The van der Waals surface area contributed by atoms with Gasteiger partial charge in [0.25, 0.3) is 0 Å². The van der Waals surface area contributed by atoms with Crippen LogP contribution in [0.3, 0.4) is 0 Å². The Morgan fingerprint density at radius 3 is 2.28 bits per heavy atom. The molecule has 2 aromatic rings. The largest absolute Gasteiger partial charge is 0.385 e. The summed E-state index contributed by atoms with van der Waals surface area (Å²) in [6, 6.07) is 14.2. The predicted molar refractivity (Wildman–Crippen MR) is 70.9 cm³/mol. The molecule has 0 bridgehead atoms. The quantitative estimate of drug-likeness (QED) is 0.875. The van der Waals surface area contributed by atoms with Gasteiger partial charge in [-0.1, -0.05) is 48.0 Å². The second-order valence-electron chi connectivity index (χ2n) is 4.91.